The number of rotatable bonds is 10. The van der Waals surface area contributed by atoms with Crippen molar-refractivity contribution < 1.29 is 19.4 Å². The number of aromatic carboxylic acids is 1. The van der Waals surface area contributed by atoms with E-state index in [0.717, 1.165) is 63.2 Å². The highest BCUT2D eigenvalue weighted by atomic mass is 32.1. The third kappa shape index (κ3) is 5.84. The smallest absolute Gasteiger partial charge is 0.355 e. The normalized spacial score (nSPS) is 15.1. The number of nitrogens with zero attached hydrogens (tertiary/aromatic N) is 3. The van der Waals surface area contributed by atoms with Crippen LogP contribution in [0.4, 0.5) is 10.3 Å². The van der Waals surface area contributed by atoms with Gasteiger partial charge in [0, 0.05) is 23.5 Å². The van der Waals surface area contributed by atoms with Crippen molar-refractivity contribution in [2.45, 2.75) is 50.5 Å². The largest absolute Gasteiger partial charge is 0.494 e. The van der Waals surface area contributed by atoms with Crippen LogP contribution in [-0.2, 0) is 24.8 Å². The maximum absolute atomic E-state index is 13.4. The monoisotopic (exact) mass is 648 g/mol. The first-order chi connectivity index (χ1) is 22.4. The predicted octanol–water partition coefficient (Wildman–Crippen LogP) is 7.33. The molecule has 0 radical (unpaired) electrons. The summed E-state index contributed by atoms with van der Waals surface area (Å²) in [7, 11) is 0. The fourth-order valence-electron chi connectivity index (χ4n) is 6.20. The number of amides is 1. The number of hydrogen-bond acceptors (Lipinski definition) is 8. The maximum atomic E-state index is 13.4. The molecule has 2 aliphatic rings. The Balaban J connectivity index is 1.01. The van der Waals surface area contributed by atoms with Gasteiger partial charge < -0.3 is 14.7 Å². The predicted molar refractivity (Wildman–Crippen MR) is 182 cm³/mol. The van der Waals surface area contributed by atoms with Gasteiger partial charge in [0.25, 0.3) is 5.91 Å². The van der Waals surface area contributed by atoms with Gasteiger partial charge in [0.2, 0.25) is 0 Å². The van der Waals surface area contributed by atoms with Gasteiger partial charge in [-0.25, -0.2) is 14.8 Å². The molecule has 0 saturated heterocycles. The van der Waals surface area contributed by atoms with Crippen molar-refractivity contribution in [3.8, 4) is 18.1 Å². The zero-order valence-corrected chi connectivity index (χ0v) is 26.8. The molecule has 3 heterocycles. The summed E-state index contributed by atoms with van der Waals surface area (Å²) in [5, 5.41) is 14.1. The van der Waals surface area contributed by atoms with E-state index in [1.54, 1.807) is 0 Å². The molecule has 1 amide bonds. The van der Waals surface area contributed by atoms with Gasteiger partial charge in [0.1, 0.15) is 5.75 Å². The molecule has 0 bridgehead atoms. The van der Waals surface area contributed by atoms with E-state index in [1.807, 2.05) is 54.6 Å². The van der Waals surface area contributed by atoms with Crippen molar-refractivity contribution >= 4 is 55.0 Å². The molecule has 0 spiro atoms. The van der Waals surface area contributed by atoms with Crippen LogP contribution in [0.2, 0.25) is 0 Å². The molecule has 3 aromatic carbocycles. The minimum atomic E-state index is -1.04. The van der Waals surface area contributed by atoms with Crippen LogP contribution >= 0.6 is 22.7 Å². The molecule has 46 heavy (non-hydrogen) atoms. The fourth-order valence-corrected chi connectivity index (χ4v) is 8.18. The molecule has 10 heteroatoms. The molecule has 7 rings (SSSR count). The van der Waals surface area contributed by atoms with Crippen LogP contribution < -0.4 is 15.0 Å². The minimum absolute atomic E-state index is 0.0806. The summed E-state index contributed by atoms with van der Waals surface area (Å²) < 4.78 is 6.98. The molecule has 232 valence electrons. The lowest BCUT2D eigenvalue weighted by Gasteiger charge is -2.37. The number of carbonyl (C=O) groups excluding carboxylic acids is 1. The summed E-state index contributed by atoms with van der Waals surface area (Å²) in [6, 6.07) is 21.6. The first-order valence-electron chi connectivity index (χ1n) is 15.4. The van der Waals surface area contributed by atoms with Crippen LogP contribution in [0, 0.1) is 12.3 Å². The van der Waals surface area contributed by atoms with Crippen molar-refractivity contribution in [2.24, 2.45) is 0 Å². The lowest BCUT2D eigenvalue weighted by molar-refractivity contribution is 0.0690. The number of fused-ring (bicyclic) bond motifs is 2. The van der Waals surface area contributed by atoms with E-state index >= 15 is 0 Å². The number of hydrogen-bond donors (Lipinski definition) is 2. The molecule has 2 N–H and O–H groups in total. The van der Waals surface area contributed by atoms with Crippen molar-refractivity contribution in [3.63, 3.8) is 0 Å². The Labute approximate surface area is 275 Å². The SMILES string of the molecule is C#CC1(c2ccc(OCCCc3sc(N4CCc5cccc(C(=O)Nc6nc7ccccc7s6)c5C4)nc3C(=O)O)cc2)CCC1. The van der Waals surface area contributed by atoms with E-state index in [1.165, 1.54) is 22.7 Å². The Morgan fingerprint density at radius 1 is 1.04 bits per heavy atom. The van der Waals surface area contributed by atoms with Gasteiger partial charge in [-0.05, 0) is 85.5 Å². The average molecular weight is 649 g/mol. The molecule has 1 saturated carbocycles. The van der Waals surface area contributed by atoms with Crippen molar-refractivity contribution in [1.82, 2.24) is 9.97 Å². The Morgan fingerprint density at radius 3 is 2.61 bits per heavy atom. The number of terminal acetylenes is 1. The molecular weight excluding hydrogens is 617 g/mol. The standard InChI is InChI=1S/C36H32N4O4S2/c1-2-36(18-7-19-36)24-13-15-25(16-14-24)44-21-6-12-30-31(33(42)43)38-35(46-30)40-20-17-23-8-5-9-26(27(23)22-40)32(41)39-34-37-28-10-3-4-11-29(28)45-34/h1,3-5,8-11,13-16H,6-7,12,17-22H2,(H,42,43)(H,37,39,41). The van der Waals surface area contributed by atoms with Crippen LogP contribution in [-0.4, -0.2) is 40.1 Å². The van der Waals surface area contributed by atoms with E-state index in [-0.39, 0.29) is 17.0 Å². The van der Waals surface area contributed by atoms with Crippen molar-refractivity contribution in [3.05, 3.63) is 99.6 Å². The van der Waals surface area contributed by atoms with E-state index in [4.69, 9.17) is 11.2 Å². The van der Waals surface area contributed by atoms with Crippen LogP contribution in [0.5, 0.6) is 5.75 Å². The number of benzene rings is 3. The van der Waals surface area contributed by atoms with Gasteiger partial charge in [-0.2, -0.15) is 0 Å². The van der Waals surface area contributed by atoms with Crippen LogP contribution in [0.3, 0.4) is 0 Å². The topological polar surface area (TPSA) is 105 Å². The second-order valence-corrected chi connectivity index (χ2v) is 13.8. The molecule has 5 aromatic rings. The Hall–Kier alpha value is -4.72. The van der Waals surface area contributed by atoms with Gasteiger partial charge in [-0.15, -0.1) is 17.8 Å². The van der Waals surface area contributed by atoms with Gasteiger partial charge in [0.15, 0.2) is 16.0 Å². The summed E-state index contributed by atoms with van der Waals surface area (Å²) in [6.45, 7) is 1.60. The number of ether oxygens (including phenoxy) is 1. The highest BCUT2D eigenvalue weighted by molar-refractivity contribution is 7.22. The number of aryl methyl sites for hydroxylation is 1. The lowest BCUT2D eigenvalue weighted by Crippen LogP contribution is -2.32. The molecule has 1 aliphatic carbocycles. The number of carboxylic acid groups (broad SMARTS) is 1. The fraction of sp³-hybridized carbons (Fsp3) is 0.278. The van der Waals surface area contributed by atoms with Gasteiger partial charge >= 0.3 is 5.97 Å². The molecule has 0 unspecified atom stereocenters. The third-order valence-electron chi connectivity index (χ3n) is 8.90. The zero-order chi connectivity index (χ0) is 31.7. The summed E-state index contributed by atoms with van der Waals surface area (Å²) in [4.78, 5) is 37.4. The zero-order valence-electron chi connectivity index (χ0n) is 25.1. The first kappa shape index (κ1) is 30.0. The number of aromatic nitrogens is 2. The van der Waals surface area contributed by atoms with Gasteiger partial charge in [-0.3, -0.25) is 10.1 Å². The van der Waals surface area contributed by atoms with E-state index in [2.05, 4.69) is 38.2 Å². The molecule has 2 aromatic heterocycles. The highest BCUT2D eigenvalue weighted by Gasteiger charge is 2.36. The second-order valence-electron chi connectivity index (χ2n) is 11.7. The Morgan fingerprint density at radius 2 is 1.87 bits per heavy atom. The highest BCUT2D eigenvalue weighted by Crippen LogP contribution is 2.43. The number of para-hydroxylation sites is 1. The van der Waals surface area contributed by atoms with E-state index in [9.17, 15) is 14.7 Å². The molecule has 1 fully saturated rings. The molecular formula is C36H32N4O4S2. The third-order valence-corrected chi connectivity index (χ3v) is 11.0. The van der Waals surface area contributed by atoms with E-state index in [0.29, 0.717) is 48.4 Å². The van der Waals surface area contributed by atoms with E-state index < -0.39 is 5.97 Å². The first-order valence-corrected chi connectivity index (χ1v) is 17.0. The number of thiazole rings is 2. The average Bonchev–Trinajstić information content (AvgIpc) is 3.67. The molecule has 0 atom stereocenters. The lowest BCUT2D eigenvalue weighted by atomic mass is 9.65. The quantitative estimate of drug-likeness (QED) is 0.121. The van der Waals surface area contributed by atoms with Crippen LogP contribution in [0.25, 0.3) is 10.2 Å². The van der Waals surface area contributed by atoms with Gasteiger partial charge in [0.05, 0.1) is 22.2 Å². The van der Waals surface area contributed by atoms with Crippen molar-refractivity contribution in [2.75, 3.05) is 23.4 Å². The number of carboxylic acids is 1. The summed E-state index contributed by atoms with van der Waals surface area (Å²) in [5.74, 6) is 2.49. The van der Waals surface area contributed by atoms with Gasteiger partial charge in [-0.1, -0.05) is 53.7 Å². The van der Waals surface area contributed by atoms with Crippen LogP contribution in [0.1, 0.15) is 68.1 Å². The minimum Gasteiger partial charge on any atom is -0.494 e. The summed E-state index contributed by atoms with van der Waals surface area (Å²) in [5.41, 5.74) is 4.58. The molecule has 1 aliphatic heterocycles. The maximum Gasteiger partial charge on any atom is 0.355 e. The Kier molecular flexibility index (Phi) is 8.20. The Bertz CT molecular complexity index is 1940. The number of carbonyl (C=O) groups is 2. The van der Waals surface area contributed by atoms with Crippen molar-refractivity contribution in [1.29, 1.82) is 0 Å². The molecule has 8 nitrogen and oxygen atoms in total. The number of anilines is 2. The number of nitrogens with one attached hydrogen (secondary N) is 1. The second kappa shape index (κ2) is 12.6. The summed E-state index contributed by atoms with van der Waals surface area (Å²) in [6.07, 6.45) is 10.9. The van der Waals surface area contributed by atoms with Crippen LogP contribution in [0.15, 0.2) is 66.7 Å². The summed E-state index contributed by atoms with van der Waals surface area (Å²) >= 11 is 2.84.